The van der Waals surface area contributed by atoms with Crippen LogP contribution in [0.1, 0.15) is 47.5 Å². The van der Waals surface area contributed by atoms with Crippen LogP contribution in [0, 0.1) is 17.8 Å². The van der Waals surface area contributed by atoms with Gasteiger partial charge in [0.2, 0.25) is 0 Å². The van der Waals surface area contributed by atoms with E-state index >= 15 is 0 Å². The molecule has 3 unspecified atom stereocenters. The second-order valence-electron chi connectivity index (χ2n) is 3.60. The molecule has 0 spiro atoms. The molecule has 12 heavy (non-hydrogen) atoms. The van der Waals surface area contributed by atoms with Crippen molar-refractivity contribution in [2.45, 2.75) is 47.5 Å². The first-order valence-electron chi connectivity index (χ1n) is 5.38. The second kappa shape index (κ2) is 6.28. The summed E-state index contributed by atoms with van der Waals surface area (Å²) in [5.41, 5.74) is 0. The Morgan fingerprint density at radius 1 is 1.25 bits per heavy atom. The summed E-state index contributed by atoms with van der Waals surface area (Å²) in [5.74, 6) is 2.77. The van der Waals surface area contributed by atoms with Crippen molar-refractivity contribution in [2.24, 2.45) is 17.8 Å². The van der Waals surface area contributed by atoms with Crippen LogP contribution in [0.3, 0.4) is 0 Å². The molecule has 0 N–H and O–H groups in total. The second-order valence-corrected chi connectivity index (χ2v) is 3.60. The van der Waals surface area contributed by atoms with Gasteiger partial charge in [0.25, 0.3) is 0 Å². The predicted molar refractivity (Wildman–Crippen MR) is 57.2 cm³/mol. The Bertz CT molecular complexity index is 124. The summed E-state index contributed by atoms with van der Waals surface area (Å²) >= 11 is 0. The maximum absolute atomic E-state index is 2.37. The highest BCUT2D eigenvalue weighted by Crippen LogP contribution is 2.39. The van der Waals surface area contributed by atoms with Crippen LogP contribution in [-0.2, 0) is 0 Å². The summed E-state index contributed by atoms with van der Waals surface area (Å²) in [7, 11) is 0. The van der Waals surface area contributed by atoms with Crippen LogP contribution >= 0.6 is 0 Å². The number of allylic oxidation sites excluding steroid dienone is 2. The van der Waals surface area contributed by atoms with E-state index in [0.717, 1.165) is 17.8 Å². The molecule has 1 saturated carbocycles. The lowest BCUT2D eigenvalue weighted by molar-refractivity contribution is 0.153. The number of rotatable bonds is 2. The predicted octanol–water partition coefficient (Wildman–Crippen LogP) is 4.27. The average molecular weight is 168 g/mol. The summed E-state index contributed by atoms with van der Waals surface area (Å²) < 4.78 is 0. The van der Waals surface area contributed by atoms with Crippen molar-refractivity contribution in [3.63, 3.8) is 0 Å². The Kier molecular flexibility index (Phi) is 6.14. The monoisotopic (exact) mass is 168 g/mol. The minimum Gasteiger partial charge on any atom is -0.0914 e. The standard InChI is InChI=1S/C10H18.C2H6/c1-4-5-8(2)10-7-6-9(10)3;1-2/h4-5,8-10H,6-7H2,1-3H3;1-2H3/b5-4+;. The summed E-state index contributed by atoms with van der Waals surface area (Å²) in [6, 6.07) is 0. The van der Waals surface area contributed by atoms with Crippen LogP contribution in [0.2, 0.25) is 0 Å². The van der Waals surface area contributed by atoms with Crippen LogP contribution in [-0.4, -0.2) is 0 Å². The lowest BCUT2D eigenvalue weighted by Crippen LogP contribution is -2.27. The molecule has 1 fully saturated rings. The minimum absolute atomic E-state index is 0.814. The smallest absolute Gasteiger partial charge is 0.0231 e. The van der Waals surface area contributed by atoms with Gasteiger partial charge in [-0.15, -0.1) is 0 Å². The van der Waals surface area contributed by atoms with E-state index in [1.54, 1.807) is 0 Å². The van der Waals surface area contributed by atoms with Crippen molar-refractivity contribution in [1.82, 2.24) is 0 Å². The molecule has 3 atom stereocenters. The summed E-state index contributed by atoms with van der Waals surface area (Å²) in [5, 5.41) is 0. The Labute approximate surface area is 78.1 Å². The fourth-order valence-corrected chi connectivity index (χ4v) is 1.92. The summed E-state index contributed by atoms with van der Waals surface area (Å²) in [6.07, 6.45) is 7.41. The van der Waals surface area contributed by atoms with E-state index in [9.17, 15) is 0 Å². The molecule has 0 heteroatoms. The normalized spacial score (nSPS) is 30.4. The van der Waals surface area contributed by atoms with Gasteiger partial charge in [0.15, 0.2) is 0 Å². The van der Waals surface area contributed by atoms with Gasteiger partial charge >= 0.3 is 0 Å². The lowest BCUT2D eigenvalue weighted by atomic mass is 9.68. The molecule has 0 heterocycles. The number of hydrogen-bond acceptors (Lipinski definition) is 0. The van der Waals surface area contributed by atoms with Crippen LogP contribution < -0.4 is 0 Å². The first kappa shape index (κ1) is 11.7. The third-order valence-electron chi connectivity index (χ3n) is 2.86. The van der Waals surface area contributed by atoms with E-state index in [1.807, 2.05) is 13.8 Å². The highest BCUT2D eigenvalue weighted by Gasteiger charge is 2.29. The zero-order valence-electron chi connectivity index (χ0n) is 9.30. The largest absolute Gasteiger partial charge is 0.0914 e. The topological polar surface area (TPSA) is 0 Å². The van der Waals surface area contributed by atoms with Gasteiger partial charge in [-0.1, -0.05) is 46.3 Å². The lowest BCUT2D eigenvalue weighted by Gasteiger charge is -2.37. The molecule has 0 radical (unpaired) electrons. The summed E-state index contributed by atoms with van der Waals surface area (Å²) in [4.78, 5) is 0. The molecule has 0 aromatic carbocycles. The van der Waals surface area contributed by atoms with Crippen molar-refractivity contribution in [1.29, 1.82) is 0 Å². The fraction of sp³-hybridized carbons (Fsp3) is 0.833. The van der Waals surface area contributed by atoms with Gasteiger partial charge in [-0.25, -0.2) is 0 Å². The van der Waals surface area contributed by atoms with Crippen LogP contribution in [0.25, 0.3) is 0 Å². The Balaban J connectivity index is 0.000000561. The first-order chi connectivity index (χ1) is 5.75. The molecule has 72 valence electrons. The van der Waals surface area contributed by atoms with Crippen molar-refractivity contribution in [2.75, 3.05) is 0 Å². The zero-order valence-corrected chi connectivity index (χ0v) is 9.30. The Morgan fingerprint density at radius 2 is 1.83 bits per heavy atom. The first-order valence-corrected chi connectivity index (χ1v) is 5.38. The maximum atomic E-state index is 2.37. The molecule has 0 saturated heterocycles. The third kappa shape index (κ3) is 3.00. The Morgan fingerprint density at radius 3 is 2.08 bits per heavy atom. The van der Waals surface area contributed by atoms with Gasteiger partial charge in [-0.05, 0) is 31.1 Å². The van der Waals surface area contributed by atoms with E-state index < -0.39 is 0 Å². The third-order valence-corrected chi connectivity index (χ3v) is 2.86. The van der Waals surface area contributed by atoms with Crippen LogP contribution in [0.4, 0.5) is 0 Å². The molecule has 0 amide bonds. The molecule has 0 nitrogen and oxygen atoms in total. The van der Waals surface area contributed by atoms with Gasteiger partial charge in [0.1, 0.15) is 0 Å². The van der Waals surface area contributed by atoms with Crippen molar-refractivity contribution in [3.8, 4) is 0 Å². The van der Waals surface area contributed by atoms with E-state index in [1.165, 1.54) is 12.8 Å². The molecule has 0 aliphatic heterocycles. The van der Waals surface area contributed by atoms with Crippen LogP contribution in [0.15, 0.2) is 12.2 Å². The van der Waals surface area contributed by atoms with Crippen LogP contribution in [0.5, 0.6) is 0 Å². The highest BCUT2D eigenvalue weighted by atomic mass is 14.3. The van der Waals surface area contributed by atoms with E-state index in [0.29, 0.717) is 0 Å². The van der Waals surface area contributed by atoms with E-state index in [-0.39, 0.29) is 0 Å². The SMILES string of the molecule is C/C=C/C(C)C1CCC1C.CC. The van der Waals surface area contributed by atoms with Crippen molar-refractivity contribution >= 4 is 0 Å². The van der Waals surface area contributed by atoms with Gasteiger partial charge in [-0.3, -0.25) is 0 Å². The number of hydrogen-bond donors (Lipinski definition) is 0. The maximum Gasteiger partial charge on any atom is -0.0231 e. The average Bonchev–Trinajstić information content (AvgIpc) is 2.06. The molecule has 0 aromatic rings. The molecule has 0 bridgehead atoms. The quantitative estimate of drug-likeness (QED) is 0.540. The van der Waals surface area contributed by atoms with Gasteiger partial charge < -0.3 is 0 Å². The zero-order chi connectivity index (χ0) is 9.56. The molecular formula is C12H24. The highest BCUT2D eigenvalue weighted by molar-refractivity contribution is 4.92. The fourth-order valence-electron chi connectivity index (χ4n) is 1.92. The molecule has 1 aliphatic carbocycles. The Hall–Kier alpha value is -0.260. The molecular weight excluding hydrogens is 144 g/mol. The molecule has 1 aliphatic rings. The van der Waals surface area contributed by atoms with E-state index in [2.05, 4.69) is 32.9 Å². The van der Waals surface area contributed by atoms with Crippen molar-refractivity contribution in [3.05, 3.63) is 12.2 Å². The van der Waals surface area contributed by atoms with Gasteiger partial charge in [0, 0.05) is 0 Å². The molecule has 1 rings (SSSR count). The van der Waals surface area contributed by atoms with Crippen molar-refractivity contribution < 1.29 is 0 Å². The van der Waals surface area contributed by atoms with E-state index in [4.69, 9.17) is 0 Å². The summed E-state index contributed by atoms with van der Waals surface area (Å²) in [6.45, 7) is 10.8. The minimum atomic E-state index is 0.814. The molecule has 0 aromatic heterocycles. The van der Waals surface area contributed by atoms with Gasteiger partial charge in [0.05, 0.1) is 0 Å². The van der Waals surface area contributed by atoms with Gasteiger partial charge in [-0.2, -0.15) is 0 Å².